The molecule has 4 rings (SSSR count). The highest BCUT2D eigenvalue weighted by molar-refractivity contribution is 6.31. The fraction of sp³-hybridized carbons (Fsp3) is 0.0500. The van der Waals surface area contributed by atoms with Crippen LogP contribution in [0.15, 0.2) is 63.8 Å². The number of para-hydroxylation sites is 1. The predicted octanol–water partition coefficient (Wildman–Crippen LogP) is 0.949. The van der Waals surface area contributed by atoms with Crippen LogP contribution < -0.4 is 15.3 Å². The average Bonchev–Trinajstić information content (AvgIpc) is 2.71. The van der Waals surface area contributed by atoms with Crippen LogP contribution >= 0.6 is 0 Å². The van der Waals surface area contributed by atoms with Gasteiger partial charge in [0.25, 0.3) is 11.8 Å². The van der Waals surface area contributed by atoms with E-state index in [1.807, 2.05) is 0 Å². The summed E-state index contributed by atoms with van der Waals surface area (Å²) >= 11 is 0. The Labute approximate surface area is 158 Å². The number of aromatic nitrogens is 2. The Hall–Kier alpha value is -4.07. The van der Waals surface area contributed by atoms with Gasteiger partial charge in [-0.1, -0.05) is 18.2 Å². The van der Waals surface area contributed by atoms with Crippen LogP contribution in [-0.2, 0) is 9.59 Å². The highest BCUT2D eigenvalue weighted by Crippen LogP contribution is 2.25. The molecule has 0 radical (unpaired) electrons. The van der Waals surface area contributed by atoms with Gasteiger partial charge in [-0.2, -0.15) is 0 Å². The summed E-state index contributed by atoms with van der Waals surface area (Å²) in [6.07, 6.45) is 4.91. The van der Waals surface area contributed by atoms with Crippen LogP contribution in [-0.4, -0.2) is 40.8 Å². The van der Waals surface area contributed by atoms with Crippen molar-refractivity contribution in [1.29, 1.82) is 0 Å². The zero-order valence-electron chi connectivity index (χ0n) is 14.5. The number of fused-ring (bicyclic) bond motifs is 2. The lowest BCUT2D eigenvalue weighted by atomic mass is 10.2. The summed E-state index contributed by atoms with van der Waals surface area (Å²) in [7, 11) is 0. The molecule has 8 heteroatoms. The number of aliphatic imine (C=N–C) groups is 2. The van der Waals surface area contributed by atoms with E-state index >= 15 is 0 Å². The first kappa shape index (κ1) is 17.3. The van der Waals surface area contributed by atoms with E-state index < -0.39 is 11.8 Å². The molecule has 8 nitrogen and oxygen atoms in total. The topological polar surface area (TPSA) is 106 Å². The second-order valence-corrected chi connectivity index (χ2v) is 5.75. The lowest BCUT2D eigenvalue weighted by molar-refractivity contribution is -0.113. The van der Waals surface area contributed by atoms with E-state index in [0.717, 1.165) is 6.21 Å². The Balaban J connectivity index is 1.97. The van der Waals surface area contributed by atoms with Gasteiger partial charge >= 0.3 is 0 Å². The van der Waals surface area contributed by atoms with Crippen molar-refractivity contribution >= 4 is 47.0 Å². The van der Waals surface area contributed by atoms with Crippen LogP contribution in [0.4, 0.5) is 5.82 Å². The molecule has 0 saturated carbocycles. The van der Waals surface area contributed by atoms with Gasteiger partial charge in [0.1, 0.15) is 18.7 Å². The van der Waals surface area contributed by atoms with Crippen LogP contribution in [0.5, 0.6) is 5.75 Å². The predicted molar refractivity (Wildman–Crippen MR) is 103 cm³/mol. The third kappa shape index (κ3) is 3.85. The maximum atomic E-state index is 12.1. The molecule has 1 aliphatic heterocycles. The molecule has 1 aromatic heterocycles. The van der Waals surface area contributed by atoms with E-state index in [9.17, 15) is 9.59 Å². The van der Waals surface area contributed by atoms with Gasteiger partial charge in [0.2, 0.25) is 0 Å². The first-order valence-corrected chi connectivity index (χ1v) is 8.37. The van der Waals surface area contributed by atoms with E-state index in [-0.39, 0.29) is 6.61 Å². The first-order valence-electron chi connectivity index (χ1n) is 8.37. The summed E-state index contributed by atoms with van der Waals surface area (Å²) in [4.78, 5) is 44.1. The molecule has 2 heterocycles. The monoisotopic (exact) mass is 371 g/mol. The summed E-state index contributed by atoms with van der Waals surface area (Å²) in [5.74, 6) is -0.231. The van der Waals surface area contributed by atoms with Gasteiger partial charge in [-0.15, -0.1) is 0 Å². The van der Waals surface area contributed by atoms with Crippen molar-refractivity contribution in [1.82, 2.24) is 9.97 Å². The number of rotatable bonds is 0. The second kappa shape index (κ2) is 7.67. The SMILES string of the molecule is O=C1C=NC(=O)/C=c2\ccccc2=Nc2ncnc3ccc(cc23)OCC=N1. The van der Waals surface area contributed by atoms with Crippen LogP contribution in [0.1, 0.15) is 0 Å². The smallest absolute Gasteiger partial charge is 0.288 e. The van der Waals surface area contributed by atoms with Crippen molar-refractivity contribution in [2.75, 3.05) is 6.61 Å². The van der Waals surface area contributed by atoms with Crippen molar-refractivity contribution < 1.29 is 14.3 Å². The van der Waals surface area contributed by atoms with Gasteiger partial charge in [0.05, 0.1) is 17.1 Å². The van der Waals surface area contributed by atoms with Crippen LogP contribution in [0, 0.1) is 0 Å². The van der Waals surface area contributed by atoms with E-state index in [1.54, 1.807) is 42.5 Å². The summed E-state index contributed by atoms with van der Waals surface area (Å²) in [6.45, 7) is 0.0775. The molecule has 0 aliphatic carbocycles. The Morgan fingerprint density at radius 3 is 2.75 bits per heavy atom. The van der Waals surface area contributed by atoms with Crippen molar-refractivity contribution in [2.45, 2.75) is 0 Å². The number of carbonyl (C=O) groups excluding carboxylic acids is 2. The first-order chi connectivity index (χ1) is 13.7. The number of carbonyl (C=O) groups is 2. The summed E-state index contributed by atoms with van der Waals surface area (Å²) in [5, 5.41) is 1.78. The van der Waals surface area contributed by atoms with Gasteiger partial charge in [-0.3, -0.25) is 9.59 Å². The van der Waals surface area contributed by atoms with Crippen molar-refractivity contribution in [3.05, 3.63) is 59.4 Å². The van der Waals surface area contributed by atoms with Gasteiger partial charge in [-0.25, -0.2) is 24.9 Å². The van der Waals surface area contributed by atoms with Crippen LogP contribution in [0.2, 0.25) is 0 Å². The highest BCUT2D eigenvalue weighted by Gasteiger charge is 2.05. The number of benzene rings is 2. The minimum Gasteiger partial charge on any atom is -0.488 e. The lowest BCUT2D eigenvalue weighted by Crippen LogP contribution is -2.25. The molecular formula is C20H13N5O3. The molecule has 1 aliphatic rings. The number of nitrogens with zero attached hydrogens (tertiary/aromatic N) is 5. The van der Waals surface area contributed by atoms with Crippen molar-refractivity contribution in [3.8, 4) is 5.75 Å². The maximum Gasteiger partial charge on any atom is 0.288 e. The Bertz CT molecular complexity index is 1260. The number of amides is 2. The van der Waals surface area contributed by atoms with E-state index in [4.69, 9.17) is 4.74 Å². The molecule has 0 spiro atoms. The number of hydrogen-bond acceptors (Lipinski definition) is 6. The van der Waals surface area contributed by atoms with Gasteiger partial charge in [-0.05, 0) is 24.3 Å². The normalized spacial score (nSPS) is 15.5. The van der Waals surface area contributed by atoms with E-state index in [0.29, 0.717) is 33.0 Å². The molecule has 0 atom stereocenters. The minimum atomic E-state index is -0.649. The van der Waals surface area contributed by atoms with Gasteiger partial charge in [0.15, 0.2) is 5.82 Å². The summed E-state index contributed by atoms with van der Waals surface area (Å²) in [6, 6.07) is 12.4. The van der Waals surface area contributed by atoms with Gasteiger partial charge < -0.3 is 4.74 Å². The maximum absolute atomic E-state index is 12.1. The summed E-state index contributed by atoms with van der Waals surface area (Å²) < 4.78 is 5.59. The molecule has 2 bridgehead atoms. The average molecular weight is 371 g/mol. The molecule has 0 fully saturated rings. The molecule has 0 N–H and O–H groups in total. The van der Waals surface area contributed by atoms with Crippen LogP contribution in [0.3, 0.4) is 0 Å². The molecule has 0 saturated heterocycles. The molecule has 2 amide bonds. The quantitative estimate of drug-likeness (QED) is 0.585. The fourth-order valence-corrected chi connectivity index (χ4v) is 2.61. The molecule has 28 heavy (non-hydrogen) atoms. The van der Waals surface area contributed by atoms with Crippen molar-refractivity contribution in [3.63, 3.8) is 0 Å². The molecular weight excluding hydrogens is 358 g/mol. The third-order valence-electron chi connectivity index (χ3n) is 3.87. The third-order valence-corrected chi connectivity index (χ3v) is 3.87. The highest BCUT2D eigenvalue weighted by atomic mass is 16.5. The fourth-order valence-electron chi connectivity index (χ4n) is 2.61. The van der Waals surface area contributed by atoms with E-state index in [2.05, 4.69) is 24.9 Å². The summed E-state index contributed by atoms with van der Waals surface area (Å²) in [5.41, 5.74) is 0.702. The lowest BCUT2D eigenvalue weighted by Gasteiger charge is -2.05. The minimum absolute atomic E-state index is 0.0775. The molecule has 0 unspecified atom stereocenters. The molecule has 136 valence electrons. The van der Waals surface area contributed by atoms with Crippen molar-refractivity contribution in [2.24, 2.45) is 15.0 Å². The Kier molecular flexibility index (Phi) is 4.75. The number of ether oxygens (including phenoxy) is 1. The second-order valence-electron chi connectivity index (χ2n) is 5.75. The zero-order chi connectivity index (χ0) is 19.3. The Morgan fingerprint density at radius 2 is 1.82 bits per heavy atom. The Morgan fingerprint density at radius 1 is 0.929 bits per heavy atom. The standard InChI is InChI=1S/C20H13N5O3/c26-18-9-13-3-1-2-4-16(13)25-20-15-10-14(5-6-17(15)23-12-24-20)28-8-7-21-19(27)11-22-18/h1-7,9-12H,8H2/b13-9+,21-7?,22-11?,25-16?. The van der Waals surface area contributed by atoms with Gasteiger partial charge in [0, 0.05) is 22.9 Å². The van der Waals surface area contributed by atoms with E-state index in [1.165, 1.54) is 18.6 Å². The molecule has 2 aromatic carbocycles. The number of hydrogen-bond donors (Lipinski definition) is 0. The largest absolute Gasteiger partial charge is 0.488 e. The van der Waals surface area contributed by atoms with Crippen LogP contribution in [0.25, 0.3) is 17.0 Å². The molecule has 3 aromatic rings. The zero-order valence-corrected chi connectivity index (χ0v) is 14.5.